The molecule has 20 heavy (non-hydrogen) atoms. The molecule has 0 unspecified atom stereocenters. The molecular weight excluding hydrogens is 254 g/mol. The van der Waals surface area contributed by atoms with Gasteiger partial charge in [-0.1, -0.05) is 19.9 Å². The summed E-state index contributed by atoms with van der Waals surface area (Å²) in [6.45, 7) is 5.32. The summed E-state index contributed by atoms with van der Waals surface area (Å²) in [6, 6.07) is 5.66. The highest BCUT2D eigenvalue weighted by Gasteiger charge is 2.23. The molecule has 1 N–H and O–H groups in total. The average molecular weight is 279 g/mol. The fourth-order valence-corrected chi connectivity index (χ4v) is 2.21. The SMILES string of the molecule is CCC(CC)N(CCOC)C(=O)c1cccc(NC)n1. The fourth-order valence-electron chi connectivity index (χ4n) is 2.21. The van der Waals surface area contributed by atoms with E-state index in [1.54, 1.807) is 20.2 Å². The number of amides is 1. The maximum absolute atomic E-state index is 12.7. The molecule has 0 aliphatic rings. The molecule has 0 spiro atoms. The smallest absolute Gasteiger partial charge is 0.272 e. The third kappa shape index (κ3) is 4.20. The monoisotopic (exact) mass is 279 g/mol. The van der Waals surface area contributed by atoms with Crippen LogP contribution in [0.25, 0.3) is 0 Å². The highest BCUT2D eigenvalue weighted by Crippen LogP contribution is 2.14. The summed E-state index contributed by atoms with van der Waals surface area (Å²) < 4.78 is 5.12. The molecule has 0 aromatic carbocycles. The van der Waals surface area contributed by atoms with Gasteiger partial charge >= 0.3 is 0 Å². The predicted molar refractivity (Wildman–Crippen MR) is 81.1 cm³/mol. The molecule has 0 aliphatic carbocycles. The Balaban J connectivity index is 2.95. The first-order valence-electron chi connectivity index (χ1n) is 7.12. The summed E-state index contributed by atoms with van der Waals surface area (Å²) in [5.41, 5.74) is 0.472. The van der Waals surface area contributed by atoms with E-state index < -0.39 is 0 Å². The van der Waals surface area contributed by atoms with E-state index in [1.165, 1.54) is 0 Å². The first-order chi connectivity index (χ1) is 9.67. The Labute approximate surface area is 121 Å². The first kappa shape index (κ1) is 16.4. The van der Waals surface area contributed by atoms with E-state index in [2.05, 4.69) is 24.1 Å². The Morgan fingerprint density at radius 1 is 1.40 bits per heavy atom. The molecule has 0 atom stereocenters. The largest absolute Gasteiger partial charge is 0.383 e. The minimum Gasteiger partial charge on any atom is -0.383 e. The number of pyridine rings is 1. The molecular formula is C15H25N3O2. The summed E-state index contributed by atoms with van der Waals surface area (Å²) in [5.74, 6) is 0.667. The Kier molecular flexibility index (Phi) is 7.01. The van der Waals surface area contributed by atoms with Crippen LogP contribution in [-0.2, 0) is 4.74 Å². The minimum atomic E-state index is -0.0344. The van der Waals surface area contributed by atoms with Gasteiger partial charge in [0.05, 0.1) is 6.61 Å². The Hall–Kier alpha value is -1.62. The molecule has 5 nitrogen and oxygen atoms in total. The van der Waals surface area contributed by atoms with Crippen molar-refractivity contribution in [3.8, 4) is 0 Å². The second-order valence-corrected chi connectivity index (χ2v) is 4.62. The maximum atomic E-state index is 12.7. The van der Waals surface area contributed by atoms with Crippen LogP contribution in [0.15, 0.2) is 18.2 Å². The second kappa shape index (κ2) is 8.53. The Morgan fingerprint density at radius 3 is 2.65 bits per heavy atom. The molecule has 1 heterocycles. The van der Waals surface area contributed by atoms with Crippen molar-refractivity contribution in [3.63, 3.8) is 0 Å². The topological polar surface area (TPSA) is 54.5 Å². The number of rotatable bonds is 8. The summed E-state index contributed by atoms with van der Waals surface area (Å²) >= 11 is 0. The lowest BCUT2D eigenvalue weighted by Gasteiger charge is -2.30. The van der Waals surface area contributed by atoms with Gasteiger partial charge in [-0.05, 0) is 25.0 Å². The van der Waals surface area contributed by atoms with Crippen molar-refractivity contribution >= 4 is 11.7 Å². The van der Waals surface area contributed by atoms with Gasteiger partial charge in [-0.15, -0.1) is 0 Å². The highest BCUT2D eigenvalue weighted by molar-refractivity contribution is 5.92. The highest BCUT2D eigenvalue weighted by atomic mass is 16.5. The third-order valence-corrected chi connectivity index (χ3v) is 3.40. The van der Waals surface area contributed by atoms with Crippen molar-refractivity contribution in [1.29, 1.82) is 0 Å². The van der Waals surface area contributed by atoms with E-state index in [4.69, 9.17) is 4.74 Å². The number of nitrogens with zero attached hydrogens (tertiary/aromatic N) is 2. The van der Waals surface area contributed by atoms with Gasteiger partial charge in [-0.25, -0.2) is 4.98 Å². The summed E-state index contributed by atoms with van der Waals surface area (Å²) in [5, 5.41) is 2.95. The first-order valence-corrected chi connectivity index (χ1v) is 7.12. The van der Waals surface area contributed by atoms with E-state index >= 15 is 0 Å². The summed E-state index contributed by atoms with van der Waals surface area (Å²) in [7, 11) is 3.44. The van der Waals surface area contributed by atoms with Crippen molar-refractivity contribution in [1.82, 2.24) is 9.88 Å². The third-order valence-electron chi connectivity index (χ3n) is 3.40. The van der Waals surface area contributed by atoms with Gasteiger partial charge in [0.15, 0.2) is 0 Å². The van der Waals surface area contributed by atoms with Crippen LogP contribution in [-0.4, -0.2) is 49.1 Å². The average Bonchev–Trinajstić information content (AvgIpc) is 2.50. The molecule has 5 heteroatoms. The van der Waals surface area contributed by atoms with E-state index in [0.717, 1.165) is 12.8 Å². The lowest BCUT2D eigenvalue weighted by atomic mass is 10.1. The van der Waals surface area contributed by atoms with Gasteiger partial charge < -0.3 is 15.0 Å². The lowest BCUT2D eigenvalue weighted by Crippen LogP contribution is -2.42. The zero-order chi connectivity index (χ0) is 15.0. The van der Waals surface area contributed by atoms with Crippen molar-refractivity contribution in [2.75, 3.05) is 32.6 Å². The van der Waals surface area contributed by atoms with Gasteiger partial charge in [0, 0.05) is 26.7 Å². The van der Waals surface area contributed by atoms with Crippen LogP contribution >= 0.6 is 0 Å². The molecule has 1 aromatic rings. The van der Waals surface area contributed by atoms with Gasteiger partial charge in [0.2, 0.25) is 0 Å². The van der Waals surface area contributed by atoms with Crippen molar-refractivity contribution in [3.05, 3.63) is 23.9 Å². The predicted octanol–water partition coefficient (Wildman–Crippen LogP) is 2.40. The number of hydrogen-bond donors (Lipinski definition) is 1. The number of carbonyl (C=O) groups is 1. The van der Waals surface area contributed by atoms with E-state index in [0.29, 0.717) is 24.7 Å². The van der Waals surface area contributed by atoms with Gasteiger partial charge in [-0.2, -0.15) is 0 Å². The van der Waals surface area contributed by atoms with E-state index in [9.17, 15) is 4.79 Å². The molecule has 0 radical (unpaired) electrons. The maximum Gasteiger partial charge on any atom is 0.272 e. The molecule has 1 rings (SSSR count). The number of nitrogens with one attached hydrogen (secondary N) is 1. The van der Waals surface area contributed by atoms with Crippen molar-refractivity contribution in [2.45, 2.75) is 32.7 Å². The lowest BCUT2D eigenvalue weighted by molar-refractivity contribution is 0.0584. The number of carbonyl (C=O) groups excluding carboxylic acids is 1. The number of aromatic nitrogens is 1. The standard InChI is InChI=1S/C15H25N3O2/c1-5-12(6-2)18(10-11-20-4)15(19)13-8-7-9-14(16-3)17-13/h7-9,12H,5-6,10-11H2,1-4H3,(H,16,17). The van der Waals surface area contributed by atoms with Crippen LogP contribution in [0.3, 0.4) is 0 Å². The molecule has 0 fully saturated rings. The Morgan fingerprint density at radius 2 is 2.10 bits per heavy atom. The van der Waals surface area contributed by atoms with Gasteiger partial charge in [0.25, 0.3) is 5.91 Å². The quantitative estimate of drug-likeness (QED) is 0.794. The molecule has 1 amide bonds. The van der Waals surface area contributed by atoms with E-state index in [-0.39, 0.29) is 11.9 Å². The summed E-state index contributed by atoms with van der Waals surface area (Å²) in [4.78, 5) is 18.9. The van der Waals surface area contributed by atoms with Crippen LogP contribution in [0, 0.1) is 0 Å². The molecule has 0 aliphatic heterocycles. The minimum absolute atomic E-state index is 0.0344. The zero-order valence-corrected chi connectivity index (χ0v) is 12.8. The van der Waals surface area contributed by atoms with Crippen LogP contribution in [0.5, 0.6) is 0 Å². The van der Waals surface area contributed by atoms with Gasteiger partial charge in [-0.3, -0.25) is 4.79 Å². The van der Waals surface area contributed by atoms with E-state index in [1.807, 2.05) is 17.0 Å². The summed E-state index contributed by atoms with van der Waals surface area (Å²) in [6.07, 6.45) is 1.86. The molecule has 0 bridgehead atoms. The van der Waals surface area contributed by atoms with Crippen LogP contribution < -0.4 is 5.32 Å². The van der Waals surface area contributed by atoms with Crippen LogP contribution in [0.2, 0.25) is 0 Å². The molecule has 112 valence electrons. The number of anilines is 1. The normalized spacial score (nSPS) is 10.7. The van der Waals surface area contributed by atoms with Crippen LogP contribution in [0.4, 0.5) is 5.82 Å². The Bertz CT molecular complexity index is 419. The van der Waals surface area contributed by atoms with Gasteiger partial charge in [0.1, 0.15) is 11.5 Å². The number of ether oxygens (including phenoxy) is 1. The molecule has 1 aromatic heterocycles. The second-order valence-electron chi connectivity index (χ2n) is 4.62. The fraction of sp³-hybridized carbons (Fsp3) is 0.600. The zero-order valence-electron chi connectivity index (χ0n) is 12.8. The molecule has 0 saturated carbocycles. The number of hydrogen-bond acceptors (Lipinski definition) is 4. The van der Waals surface area contributed by atoms with Crippen molar-refractivity contribution in [2.24, 2.45) is 0 Å². The van der Waals surface area contributed by atoms with Crippen LogP contribution in [0.1, 0.15) is 37.2 Å². The number of methoxy groups -OCH3 is 1. The van der Waals surface area contributed by atoms with Crippen molar-refractivity contribution < 1.29 is 9.53 Å². The molecule has 0 saturated heterocycles.